The van der Waals surface area contributed by atoms with E-state index in [9.17, 15) is 8.42 Å². The summed E-state index contributed by atoms with van der Waals surface area (Å²) in [6.45, 7) is 0. The van der Waals surface area contributed by atoms with Crippen LogP contribution in [0.1, 0.15) is 32.1 Å². The Morgan fingerprint density at radius 3 is 2.29 bits per heavy atom. The number of rotatable bonds is 5. The zero-order valence-electron chi connectivity index (χ0n) is 12.2. The van der Waals surface area contributed by atoms with Crippen LogP contribution in [0.3, 0.4) is 0 Å². The molecular formula is C14H20BrNO4S. The molecule has 118 valence electrons. The molecule has 2 rings (SSSR count). The SMILES string of the molecule is COc1cc(S(=O)(=O)NC2CCCCC2)c(OC)cc1Br. The first kappa shape index (κ1) is 16.6. The van der Waals surface area contributed by atoms with E-state index in [1.807, 2.05) is 0 Å². The van der Waals surface area contributed by atoms with Crippen LogP contribution >= 0.6 is 15.9 Å². The van der Waals surface area contributed by atoms with E-state index in [4.69, 9.17) is 9.47 Å². The van der Waals surface area contributed by atoms with Crippen molar-refractivity contribution in [2.45, 2.75) is 43.0 Å². The van der Waals surface area contributed by atoms with Gasteiger partial charge in [-0.05, 0) is 34.8 Å². The van der Waals surface area contributed by atoms with Crippen molar-refractivity contribution < 1.29 is 17.9 Å². The maximum Gasteiger partial charge on any atom is 0.244 e. The van der Waals surface area contributed by atoms with Gasteiger partial charge in [0.2, 0.25) is 10.0 Å². The third-order valence-electron chi connectivity index (χ3n) is 3.65. The van der Waals surface area contributed by atoms with Crippen LogP contribution in [0.5, 0.6) is 11.5 Å². The smallest absolute Gasteiger partial charge is 0.244 e. The maximum atomic E-state index is 12.6. The van der Waals surface area contributed by atoms with E-state index in [2.05, 4.69) is 20.7 Å². The minimum Gasteiger partial charge on any atom is -0.496 e. The molecule has 0 spiro atoms. The molecule has 1 aliphatic rings. The lowest BCUT2D eigenvalue weighted by Gasteiger charge is -2.23. The van der Waals surface area contributed by atoms with Crippen LogP contribution < -0.4 is 14.2 Å². The minimum absolute atomic E-state index is 0.00287. The number of halogens is 1. The van der Waals surface area contributed by atoms with E-state index in [1.165, 1.54) is 26.7 Å². The van der Waals surface area contributed by atoms with E-state index >= 15 is 0 Å². The zero-order chi connectivity index (χ0) is 15.5. The molecule has 0 bridgehead atoms. The van der Waals surface area contributed by atoms with Gasteiger partial charge in [0.25, 0.3) is 0 Å². The zero-order valence-corrected chi connectivity index (χ0v) is 14.6. The minimum atomic E-state index is -3.63. The fourth-order valence-electron chi connectivity index (χ4n) is 2.55. The Labute approximate surface area is 134 Å². The number of hydrogen-bond donors (Lipinski definition) is 1. The summed E-state index contributed by atoms with van der Waals surface area (Å²) in [5.74, 6) is 0.755. The summed E-state index contributed by atoms with van der Waals surface area (Å²) in [7, 11) is -0.678. The number of ether oxygens (including phenoxy) is 2. The molecule has 0 radical (unpaired) electrons. The lowest BCUT2D eigenvalue weighted by molar-refractivity contribution is 0.387. The Morgan fingerprint density at radius 2 is 1.71 bits per heavy atom. The maximum absolute atomic E-state index is 12.6. The highest BCUT2D eigenvalue weighted by Gasteiger charge is 2.26. The molecule has 1 aromatic rings. The van der Waals surface area contributed by atoms with Crippen molar-refractivity contribution in [1.29, 1.82) is 0 Å². The second-order valence-electron chi connectivity index (χ2n) is 5.09. The summed E-state index contributed by atoms with van der Waals surface area (Å²) in [6, 6.07) is 3.09. The Hall–Kier alpha value is -0.790. The van der Waals surface area contributed by atoms with Gasteiger partial charge in [-0.2, -0.15) is 0 Å². The van der Waals surface area contributed by atoms with Gasteiger partial charge < -0.3 is 9.47 Å². The van der Waals surface area contributed by atoms with Gasteiger partial charge in [0.1, 0.15) is 16.4 Å². The van der Waals surface area contributed by atoms with Gasteiger partial charge in [-0.1, -0.05) is 19.3 Å². The Bertz CT molecular complexity index is 597. The summed E-state index contributed by atoms with van der Waals surface area (Å²) >= 11 is 3.33. The highest BCUT2D eigenvalue weighted by molar-refractivity contribution is 9.10. The molecule has 1 N–H and O–H groups in total. The van der Waals surface area contributed by atoms with Crippen LogP contribution in [-0.4, -0.2) is 28.7 Å². The van der Waals surface area contributed by atoms with E-state index in [1.54, 1.807) is 6.07 Å². The Balaban J connectivity index is 2.33. The molecule has 0 saturated heterocycles. The molecule has 0 unspecified atom stereocenters. The molecule has 1 aliphatic carbocycles. The topological polar surface area (TPSA) is 64.6 Å². The van der Waals surface area contributed by atoms with Gasteiger partial charge in [-0.15, -0.1) is 0 Å². The summed E-state index contributed by atoms with van der Waals surface area (Å²) in [6.07, 6.45) is 5.07. The molecular weight excluding hydrogens is 358 g/mol. The van der Waals surface area contributed by atoms with Gasteiger partial charge in [0, 0.05) is 12.1 Å². The quantitative estimate of drug-likeness (QED) is 0.855. The molecule has 0 aliphatic heterocycles. The number of nitrogens with one attached hydrogen (secondary N) is 1. The predicted octanol–water partition coefficient (Wildman–Crippen LogP) is 3.08. The van der Waals surface area contributed by atoms with Crippen molar-refractivity contribution in [2.24, 2.45) is 0 Å². The van der Waals surface area contributed by atoms with Gasteiger partial charge in [0.15, 0.2) is 0 Å². The van der Waals surface area contributed by atoms with Crippen LogP contribution in [0, 0.1) is 0 Å². The van der Waals surface area contributed by atoms with Gasteiger partial charge in [0.05, 0.1) is 18.7 Å². The average molecular weight is 378 g/mol. The van der Waals surface area contributed by atoms with Crippen LogP contribution in [0.25, 0.3) is 0 Å². The predicted molar refractivity (Wildman–Crippen MR) is 84.4 cm³/mol. The van der Waals surface area contributed by atoms with Crippen LogP contribution in [0.2, 0.25) is 0 Å². The van der Waals surface area contributed by atoms with E-state index < -0.39 is 10.0 Å². The largest absolute Gasteiger partial charge is 0.496 e. The fraction of sp³-hybridized carbons (Fsp3) is 0.571. The van der Waals surface area contributed by atoms with Crippen molar-refractivity contribution >= 4 is 26.0 Å². The third-order valence-corrected chi connectivity index (χ3v) is 5.82. The van der Waals surface area contributed by atoms with Gasteiger partial charge in [-0.25, -0.2) is 13.1 Å². The van der Waals surface area contributed by atoms with Crippen molar-refractivity contribution in [3.05, 3.63) is 16.6 Å². The van der Waals surface area contributed by atoms with Crippen LogP contribution in [0.15, 0.2) is 21.5 Å². The second kappa shape index (κ2) is 6.98. The highest BCUT2D eigenvalue weighted by atomic mass is 79.9. The molecule has 7 heteroatoms. The summed E-state index contributed by atoms with van der Waals surface area (Å²) < 4.78 is 39.0. The van der Waals surface area contributed by atoms with Crippen molar-refractivity contribution in [2.75, 3.05) is 14.2 Å². The van der Waals surface area contributed by atoms with Crippen molar-refractivity contribution in [1.82, 2.24) is 4.72 Å². The molecule has 0 heterocycles. The molecule has 5 nitrogen and oxygen atoms in total. The number of methoxy groups -OCH3 is 2. The van der Waals surface area contributed by atoms with Gasteiger partial charge in [-0.3, -0.25) is 0 Å². The first-order valence-electron chi connectivity index (χ1n) is 6.92. The first-order valence-corrected chi connectivity index (χ1v) is 9.19. The first-order chi connectivity index (χ1) is 9.97. The third kappa shape index (κ3) is 3.90. The molecule has 0 aromatic heterocycles. The molecule has 0 atom stereocenters. The van der Waals surface area contributed by atoms with Crippen molar-refractivity contribution in [3.63, 3.8) is 0 Å². The molecule has 1 fully saturated rings. The van der Waals surface area contributed by atoms with Crippen molar-refractivity contribution in [3.8, 4) is 11.5 Å². The highest BCUT2D eigenvalue weighted by Crippen LogP contribution is 2.35. The number of sulfonamides is 1. The van der Waals surface area contributed by atoms with E-state index in [-0.39, 0.29) is 10.9 Å². The standard InChI is InChI=1S/C14H20BrNO4S/c1-19-12-9-14(13(20-2)8-11(12)15)21(17,18)16-10-6-4-3-5-7-10/h8-10,16H,3-7H2,1-2H3. The van der Waals surface area contributed by atoms with Crippen LogP contribution in [0.4, 0.5) is 0 Å². The summed E-state index contributed by atoms with van der Waals surface area (Å²) in [5, 5.41) is 0. The molecule has 0 amide bonds. The second-order valence-corrected chi connectivity index (χ2v) is 7.63. The Morgan fingerprint density at radius 1 is 1.10 bits per heavy atom. The molecule has 1 saturated carbocycles. The van der Waals surface area contributed by atoms with E-state index in [0.29, 0.717) is 16.0 Å². The lowest BCUT2D eigenvalue weighted by Crippen LogP contribution is -2.36. The Kier molecular flexibility index (Phi) is 5.51. The molecule has 21 heavy (non-hydrogen) atoms. The summed E-state index contributed by atoms with van der Waals surface area (Å²) in [5.41, 5.74) is 0. The van der Waals surface area contributed by atoms with Crippen LogP contribution in [-0.2, 0) is 10.0 Å². The number of hydrogen-bond acceptors (Lipinski definition) is 4. The molecule has 1 aromatic carbocycles. The normalized spacial score (nSPS) is 16.7. The average Bonchev–Trinajstić information content (AvgIpc) is 2.47. The van der Waals surface area contributed by atoms with E-state index in [0.717, 1.165) is 25.7 Å². The fourth-order valence-corrected chi connectivity index (χ4v) is 4.50. The number of benzene rings is 1. The lowest BCUT2D eigenvalue weighted by atomic mass is 9.96. The monoisotopic (exact) mass is 377 g/mol. The van der Waals surface area contributed by atoms with Gasteiger partial charge >= 0.3 is 0 Å². The summed E-state index contributed by atoms with van der Waals surface area (Å²) in [4.78, 5) is 0.107.